The van der Waals surface area contributed by atoms with E-state index < -0.39 is 40.3 Å². The van der Waals surface area contributed by atoms with E-state index in [0.29, 0.717) is 19.5 Å². The van der Waals surface area contributed by atoms with E-state index in [1.165, 1.54) is 4.90 Å². The first-order valence-electron chi connectivity index (χ1n) is 9.99. The summed E-state index contributed by atoms with van der Waals surface area (Å²) in [6, 6.07) is 3.87. The Morgan fingerprint density at radius 3 is 2.48 bits per heavy atom. The summed E-state index contributed by atoms with van der Waals surface area (Å²) in [5.74, 6) is -1.93. The predicted molar refractivity (Wildman–Crippen MR) is 112 cm³/mol. The van der Waals surface area contributed by atoms with Gasteiger partial charge in [-0.3, -0.25) is 14.9 Å². The van der Waals surface area contributed by atoms with Crippen molar-refractivity contribution in [3.05, 3.63) is 33.4 Å². The molecule has 1 rings (SSSR count). The van der Waals surface area contributed by atoms with Crippen molar-refractivity contribution in [2.75, 3.05) is 13.1 Å². The molecule has 0 saturated heterocycles. The summed E-state index contributed by atoms with van der Waals surface area (Å²) in [4.78, 5) is 36.3. The molecule has 1 amide bonds. The molecule has 1 aromatic rings. The fourth-order valence-electron chi connectivity index (χ4n) is 2.73. The molecule has 0 radical (unpaired) electrons. The first kappa shape index (κ1) is 25.4. The van der Waals surface area contributed by atoms with Gasteiger partial charge in [-0.05, 0) is 44.9 Å². The number of benzene rings is 1. The number of aromatic hydroxyl groups is 1. The Balaban J connectivity index is 3.28. The molecule has 10 heteroatoms. The van der Waals surface area contributed by atoms with Crippen LogP contribution in [0.1, 0.15) is 52.5 Å². The van der Waals surface area contributed by atoms with Gasteiger partial charge in [0.15, 0.2) is 5.75 Å². The number of ether oxygens (including phenoxy) is 2. The first-order valence-corrected chi connectivity index (χ1v) is 9.99. The molecule has 1 unspecified atom stereocenters. The Kier molecular flexibility index (Phi) is 9.98. The molecule has 0 aliphatic carbocycles. The van der Waals surface area contributed by atoms with Crippen LogP contribution in [0.2, 0.25) is 0 Å². The van der Waals surface area contributed by atoms with Crippen molar-refractivity contribution in [2.24, 2.45) is 0 Å². The molecule has 10 nitrogen and oxygen atoms in total. The Morgan fingerprint density at radius 2 is 1.97 bits per heavy atom. The Labute approximate surface area is 180 Å². The highest BCUT2D eigenvalue weighted by atomic mass is 16.7. The van der Waals surface area contributed by atoms with Crippen molar-refractivity contribution in [1.82, 2.24) is 4.90 Å². The number of nitro groups is 1. The smallest absolute Gasteiger partial charge is 0.499 e. The van der Waals surface area contributed by atoms with Crippen LogP contribution >= 0.6 is 0 Å². The van der Waals surface area contributed by atoms with Crippen LogP contribution in [0.3, 0.4) is 0 Å². The summed E-state index contributed by atoms with van der Waals surface area (Å²) >= 11 is 0. The molecule has 1 atom stereocenters. The number of hydrogen-bond acceptors (Lipinski definition) is 8. The molecule has 0 heterocycles. The van der Waals surface area contributed by atoms with Crippen LogP contribution in [-0.2, 0) is 9.53 Å². The number of unbranched alkanes of at least 4 members (excludes halogenated alkanes) is 1. The minimum absolute atomic E-state index is 0.0309. The van der Waals surface area contributed by atoms with Gasteiger partial charge < -0.3 is 19.5 Å². The van der Waals surface area contributed by atoms with Gasteiger partial charge in [0.25, 0.3) is 5.91 Å². The Hall–Kier alpha value is -3.61. The average Bonchev–Trinajstić information content (AvgIpc) is 2.72. The summed E-state index contributed by atoms with van der Waals surface area (Å²) in [6.45, 7) is 7.92. The van der Waals surface area contributed by atoms with E-state index in [4.69, 9.17) is 9.47 Å². The van der Waals surface area contributed by atoms with Crippen LogP contribution in [0.25, 0.3) is 6.08 Å². The third-order valence-corrected chi connectivity index (χ3v) is 4.44. The highest BCUT2D eigenvalue weighted by Gasteiger charge is 2.24. The number of nitriles is 1. The molecule has 1 aromatic carbocycles. The number of likely N-dealkylation sites (N-methyl/N-ethyl adjacent to an activating group) is 1. The number of rotatable bonds is 10. The lowest BCUT2D eigenvalue weighted by Crippen LogP contribution is -2.31. The van der Waals surface area contributed by atoms with E-state index in [1.54, 1.807) is 26.8 Å². The van der Waals surface area contributed by atoms with Gasteiger partial charge in [0.1, 0.15) is 17.7 Å². The number of nitro benzene ring substituents is 1. The molecule has 168 valence electrons. The van der Waals surface area contributed by atoms with Crippen LogP contribution in [-0.4, -0.2) is 46.2 Å². The lowest BCUT2D eigenvalue weighted by molar-refractivity contribution is -0.385. The number of hydrogen-bond donors (Lipinski definition) is 1. The predicted octanol–water partition coefficient (Wildman–Crippen LogP) is 4.17. The molecule has 0 saturated carbocycles. The van der Waals surface area contributed by atoms with Crippen molar-refractivity contribution in [3.63, 3.8) is 0 Å². The Bertz CT molecular complexity index is 886. The van der Waals surface area contributed by atoms with E-state index in [1.807, 2.05) is 6.92 Å². The number of carbonyl (C=O) groups excluding carboxylic acids is 2. The first-order chi connectivity index (χ1) is 14.7. The van der Waals surface area contributed by atoms with E-state index >= 15 is 0 Å². The van der Waals surface area contributed by atoms with Gasteiger partial charge in [0.2, 0.25) is 5.75 Å². The van der Waals surface area contributed by atoms with Gasteiger partial charge in [-0.2, -0.15) is 5.26 Å². The maximum Gasteiger partial charge on any atom is 0.514 e. The summed E-state index contributed by atoms with van der Waals surface area (Å²) < 4.78 is 10.1. The third kappa shape index (κ3) is 7.29. The second-order valence-electron chi connectivity index (χ2n) is 6.71. The molecular weight excluding hydrogens is 406 g/mol. The quantitative estimate of drug-likeness (QED) is 0.145. The standard InChI is InChI=1S/C21H27N3O7/c1-5-8-9-14(4)30-21(27)31-18-12-15(11-17(19(18)25)24(28)29)10-16(13-22)20(26)23(6-2)7-3/h10-12,14,25H,5-9H2,1-4H3. The summed E-state index contributed by atoms with van der Waals surface area (Å²) in [5.41, 5.74) is -0.975. The van der Waals surface area contributed by atoms with E-state index in [0.717, 1.165) is 31.1 Å². The van der Waals surface area contributed by atoms with Gasteiger partial charge in [-0.15, -0.1) is 0 Å². The monoisotopic (exact) mass is 433 g/mol. The van der Waals surface area contributed by atoms with Crippen LogP contribution in [0.15, 0.2) is 17.7 Å². The van der Waals surface area contributed by atoms with E-state index in [2.05, 4.69) is 0 Å². The molecule has 0 aliphatic heterocycles. The molecule has 0 bridgehead atoms. The number of phenols is 1. The second kappa shape index (κ2) is 12.2. The SMILES string of the molecule is CCCCC(C)OC(=O)Oc1cc(C=C(C#N)C(=O)N(CC)CC)cc([N+](=O)[O-])c1O. The van der Waals surface area contributed by atoms with Crippen LogP contribution in [0.4, 0.5) is 10.5 Å². The molecule has 1 N–H and O–H groups in total. The number of nitrogens with zero attached hydrogens (tertiary/aromatic N) is 3. The topological polar surface area (TPSA) is 143 Å². The fraction of sp³-hybridized carbons (Fsp3) is 0.476. The third-order valence-electron chi connectivity index (χ3n) is 4.44. The molecule has 0 fully saturated rings. The lowest BCUT2D eigenvalue weighted by Gasteiger charge is -2.17. The van der Waals surface area contributed by atoms with Crippen molar-refractivity contribution in [1.29, 1.82) is 5.26 Å². The van der Waals surface area contributed by atoms with Crippen molar-refractivity contribution in [2.45, 2.75) is 53.1 Å². The van der Waals surface area contributed by atoms with Gasteiger partial charge in [-0.25, -0.2) is 4.79 Å². The van der Waals surface area contributed by atoms with Crippen molar-refractivity contribution < 1.29 is 29.1 Å². The second-order valence-corrected chi connectivity index (χ2v) is 6.71. The van der Waals surface area contributed by atoms with Crippen molar-refractivity contribution in [3.8, 4) is 17.6 Å². The largest absolute Gasteiger partial charge is 0.514 e. The van der Waals surface area contributed by atoms with Crippen molar-refractivity contribution >= 4 is 23.8 Å². The van der Waals surface area contributed by atoms with Gasteiger partial charge in [-0.1, -0.05) is 19.8 Å². The molecule has 0 spiro atoms. The van der Waals surface area contributed by atoms with Crippen LogP contribution in [0.5, 0.6) is 11.5 Å². The maximum absolute atomic E-state index is 12.4. The van der Waals surface area contributed by atoms with Gasteiger partial charge in [0, 0.05) is 19.2 Å². The minimum atomic E-state index is -1.13. The molecule has 0 aromatic heterocycles. The zero-order chi connectivity index (χ0) is 23.6. The number of amides is 1. The summed E-state index contributed by atoms with van der Waals surface area (Å²) in [5, 5.41) is 30.8. The molecule has 0 aliphatic rings. The van der Waals surface area contributed by atoms with E-state index in [9.17, 15) is 30.1 Å². The molecule has 31 heavy (non-hydrogen) atoms. The minimum Gasteiger partial charge on any atom is -0.499 e. The summed E-state index contributed by atoms with van der Waals surface area (Å²) in [6.07, 6.45) is 1.92. The van der Waals surface area contributed by atoms with Gasteiger partial charge in [0.05, 0.1) is 4.92 Å². The highest BCUT2D eigenvalue weighted by Crippen LogP contribution is 2.38. The summed E-state index contributed by atoms with van der Waals surface area (Å²) in [7, 11) is 0. The lowest BCUT2D eigenvalue weighted by atomic mass is 10.1. The van der Waals surface area contributed by atoms with Gasteiger partial charge >= 0.3 is 11.8 Å². The normalized spacial score (nSPS) is 11.9. The van der Waals surface area contributed by atoms with E-state index in [-0.39, 0.29) is 11.1 Å². The number of phenolic OH excluding ortho intramolecular Hbond substituents is 1. The van der Waals surface area contributed by atoms with Crippen LogP contribution < -0.4 is 4.74 Å². The highest BCUT2D eigenvalue weighted by molar-refractivity contribution is 6.01. The molecular formula is C21H27N3O7. The zero-order valence-corrected chi connectivity index (χ0v) is 18.1. The number of carbonyl (C=O) groups is 2. The Morgan fingerprint density at radius 1 is 1.32 bits per heavy atom. The average molecular weight is 433 g/mol. The van der Waals surface area contributed by atoms with Crippen LogP contribution in [0, 0.1) is 21.4 Å². The fourth-order valence-corrected chi connectivity index (χ4v) is 2.73. The zero-order valence-electron chi connectivity index (χ0n) is 18.1. The maximum atomic E-state index is 12.4.